The highest BCUT2D eigenvalue weighted by molar-refractivity contribution is 5.79. The molecule has 0 aliphatic rings. The lowest BCUT2D eigenvalue weighted by Crippen LogP contribution is -2.39. The molecular formula is C17H26N2O3. The fraction of sp³-hybridized carbons (Fsp3) is 0.529. The van der Waals surface area contributed by atoms with Crippen LogP contribution in [0.2, 0.25) is 0 Å². The second kappa shape index (κ2) is 9.20. The fourth-order valence-corrected chi connectivity index (χ4v) is 2.33. The van der Waals surface area contributed by atoms with Gasteiger partial charge in [0.1, 0.15) is 0 Å². The zero-order valence-corrected chi connectivity index (χ0v) is 13.8. The van der Waals surface area contributed by atoms with Gasteiger partial charge < -0.3 is 15.4 Å². The molecule has 5 nitrogen and oxygen atoms in total. The summed E-state index contributed by atoms with van der Waals surface area (Å²) in [5, 5.41) is 5.80. The van der Waals surface area contributed by atoms with E-state index in [0.717, 1.165) is 11.1 Å². The topological polar surface area (TPSA) is 67.4 Å². The molecule has 122 valence electrons. The Balaban J connectivity index is 2.65. The number of ether oxygens (including phenoxy) is 1. The molecule has 0 saturated carbocycles. The van der Waals surface area contributed by atoms with Gasteiger partial charge in [0.15, 0.2) is 0 Å². The Morgan fingerprint density at radius 2 is 2.00 bits per heavy atom. The number of amides is 1. The monoisotopic (exact) mass is 306 g/mol. The molecule has 2 atom stereocenters. The maximum absolute atomic E-state index is 12.0. The van der Waals surface area contributed by atoms with Crippen LogP contribution in [-0.4, -0.2) is 39.1 Å². The minimum Gasteiger partial charge on any atom is -0.469 e. The molecule has 0 aromatic heterocycles. The van der Waals surface area contributed by atoms with Crippen LogP contribution in [-0.2, 0) is 20.7 Å². The second-order valence-corrected chi connectivity index (χ2v) is 5.62. The number of rotatable bonds is 8. The van der Waals surface area contributed by atoms with Gasteiger partial charge >= 0.3 is 5.97 Å². The zero-order valence-electron chi connectivity index (χ0n) is 13.8. The summed E-state index contributed by atoms with van der Waals surface area (Å²) in [6.07, 6.45) is 0.551. The average molecular weight is 306 g/mol. The first-order valence-electron chi connectivity index (χ1n) is 7.53. The van der Waals surface area contributed by atoms with Crippen molar-refractivity contribution in [1.29, 1.82) is 0 Å². The van der Waals surface area contributed by atoms with E-state index in [9.17, 15) is 9.59 Å². The number of carbonyl (C=O) groups is 2. The average Bonchev–Trinajstić information content (AvgIpc) is 2.50. The van der Waals surface area contributed by atoms with Crippen LogP contribution in [0.4, 0.5) is 0 Å². The van der Waals surface area contributed by atoms with Gasteiger partial charge in [-0.15, -0.1) is 0 Å². The first-order valence-corrected chi connectivity index (χ1v) is 7.53. The van der Waals surface area contributed by atoms with E-state index in [1.165, 1.54) is 7.11 Å². The molecule has 1 amide bonds. The first-order chi connectivity index (χ1) is 10.5. The molecule has 2 N–H and O–H groups in total. The standard InChI is InChI=1S/C17H26N2O3/c1-12-6-5-7-14(8-12)9-15(17(21)22-4)11-19-16(20)13(2)10-18-3/h5-8,13,15,18H,9-11H2,1-4H3,(H,19,20). The van der Waals surface area contributed by atoms with Crippen LogP contribution in [0.1, 0.15) is 18.1 Å². The SMILES string of the molecule is CNCC(C)C(=O)NCC(Cc1cccc(C)c1)C(=O)OC. The Kier molecular flexibility index (Phi) is 7.60. The molecule has 2 unspecified atom stereocenters. The van der Waals surface area contributed by atoms with Crippen LogP contribution in [0.25, 0.3) is 0 Å². The summed E-state index contributed by atoms with van der Waals surface area (Å²) in [5.74, 6) is -0.879. The summed E-state index contributed by atoms with van der Waals surface area (Å²) in [6.45, 7) is 4.75. The quantitative estimate of drug-likeness (QED) is 0.710. The molecule has 1 rings (SSSR count). The van der Waals surface area contributed by atoms with Gasteiger partial charge in [0.25, 0.3) is 0 Å². The number of hydrogen-bond acceptors (Lipinski definition) is 4. The molecular weight excluding hydrogens is 280 g/mol. The Morgan fingerprint density at radius 3 is 2.59 bits per heavy atom. The van der Waals surface area contributed by atoms with Crippen molar-refractivity contribution in [1.82, 2.24) is 10.6 Å². The summed E-state index contributed by atoms with van der Waals surface area (Å²) in [6, 6.07) is 8.00. The highest BCUT2D eigenvalue weighted by Crippen LogP contribution is 2.12. The fourth-order valence-electron chi connectivity index (χ4n) is 2.33. The van der Waals surface area contributed by atoms with Gasteiger partial charge in [0.05, 0.1) is 13.0 Å². The van der Waals surface area contributed by atoms with Crippen molar-refractivity contribution >= 4 is 11.9 Å². The predicted molar refractivity (Wildman–Crippen MR) is 86.5 cm³/mol. The summed E-state index contributed by atoms with van der Waals surface area (Å²) in [5.41, 5.74) is 2.21. The normalized spacial score (nSPS) is 13.3. The van der Waals surface area contributed by atoms with E-state index in [1.807, 2.05) is 38.1 Å². The van der Waals surface area contributed by atoms with Crippen molar-refractivity contribution < 1.29 is 14.3 Å². The van der Waals surface area contributed by atoms with E-state index in [2.05, 4.69) is 10.6 Å². The maximum atomic E-state index is 12.0. The van der Waals surface area contributed by atoms with Gasteiger partial charge in [-0.1, -0.05) is 36.8 Å². The number of nitrogens with one attached hydrogen (secondary N) is 2. The summed E-state index contributed by atoms with van der Waals surface area (Å²) in [7, 11) is 3.18. The molecule has 0 spiro atoms. The lowest BCUT2D eigenvalue weighted by atomic mass is 9.98. The molecule has 0 heterocycles. The molecule has 0 fully saturated rings. The third-order valence-corrected chi connectivity index (χ3v) is 3.58. The van der Waals surface area contributed by atoms with E-state index < -0.39 is 0 Å². The molecule has 5 heteroatoms. The van der Waals surface area contributed by atoms with Gasteiger partial charge in [-0.05, 0) is 26.0 Å². The third-order valence-electron chi connectivity index (χ3n) is 3.58. The lowest BCUT2D eigenvalue weighted by Gasteiger charge is -2.18. The summed E-state index contributed by atoms with van der Waals surface area (Å²) < 4.78 is 4.85. The zero-order chi connectivity index (χ0) is 16.5. The van der Waals surface area contributed by atoms with Gasteiger partial charge in [0, 0.05) is 19.0 Å². The van der Waals surface area contributed by atoms with Crippen molar-refractivity contribution in [3.05, 3.63) is 35.4 Å². The maximum Gasteiger partial charge on any atom is 0.310 e. The molecule has 22 heavy (non-hydrogen) atoms. The van der Waals surface area contributed by atoms with Crippen LogP contribution in [0.3, 0.4) is 0 Å². The van der Waals surface area contributed by atoms with Crippen molar-refractivity contribution in [3.63, 3.8) is 0 Å². The molecule has 0 saturated heterocycles. The van der Waals surface area contributed by atoms with Crippen molar-refractivity contribution in [2.75, 3.05) is 27.2 Å². The smallest absolute Gasteiger partial charge is 0.310 e. The number of esters is 1. The van der Waals surface area contributed by atoms with Gasteiger partial charge in [-0.3, -0.25) is 9.59 Å². The van der Waals surface area contributed by atoms with E-state index in [4.69, 9.17) is 4.74 Å². The molecule has 0 aliphatic heterocycles. The van der Waals surface area contributed by atoms with Crippen LogP contribution >= 0.6 is 0 Å². The Hall–Kier alpha value is -1.88. The van der Waals surface area contributed by atoms with Crippen LogP contribution in [0, 0.1) is 18.8 Å². The molecule has 1 aromatic carbocycles. The number of carbonyl (C=O) groups excluding carboxylic acids is 2. The second-order valence-electron chi connectivity index (χ2n) is 5.62. The van der Waals surface area contributed by atoms with Gasteiger partial charge in [0.2, 0.25) is 5.91 Å². The molecule has 0 bridgehead atoms. The van der Waals surface area contributed by atoms with E-state index in [0.29, 0.717) is 13.0 Å². The Bertz CT molecular complexity index is 502. The van der Waals surface area contributed by atoms with Crippen molar-refractivity contribution in [3.8, 4) is 0 Å². The van der Waals surface area contributed by atoms with E-state index in [-0.39, 0.29) is 30.3 Å². The van der Waals surface area contributed by atoms with Crippen LogP contribution in [0.15, 0.2) is 24.3 Å². The minimum absolute atomic E-state index is 0.0625. The predicted octanol–water partition coefficient (Wildman–Crippen LogP) is 1.30. The van der Waals surface area contributed by atoms with Gasteiger partial charge in [-0.2, -0.15) is 0 Å². The largest absolute Gasteiger partial charge is 0.469 e. The molecule has 1 aromatic rings. The first kappa shape index (κ1) is 18.2. The number of methoxy groups -OCH3 is 1. The number of benzene rings is 1. The molecule has 0 radical (unpaired) electrons. The number of hydrogen-bond donors (Lipinski definition) is 2. The molecule has 0 aliphatic carbocycles. The Labute approximate surface area is 132 Å². The van der Waals surface area contributed by atoms with E-state index >= 15 is 0 Å². The highest BCUT2D eigenvalue weighted by Gasteiger charge is 2.22. The lowest BCUT2D eigenvalue weighted by molar-refractivity contribution is -0.145. The highest BCUT2D eigenvalue weighted by atomic mass is 16.5. The van der Waals surface area contributed by atoms with Gasteiger partial charge in [-0.25, -0.2) is 0 Å². The number of aryl methyl sites for hydroxylation is 1. The summed E-state index contributed by atoms with van der Waals surface area (Å²) >= 11 is 0. The Morgan fingerprint density at radius 1 is 1.27 bits per heavy atom. The van der Waals surface area contributed by atoms with Crippen LogP contribution in [0.5, 0.6) is 0 Å². The van der Waals surface area contributed by atoms with Crippen molar-refractivity contribution in [2.24, 2.45) is 11.8 Å². The van der Waals surface area contributed by atoms with Crippen molar-refractivity contribution in [2.45, 2.75) is 20.3 Å². The minimum atomic E-state index is -0.377. The summed E-state index contributed by atoms with van der Waals surface area (Å²) in [4.78, 5) is 23.9. The van der Waals surface area contributed by atoms with Crippen LogP contribution < -0.4 is 10.6 Å². The third kappa shape index (κ3) is 5.85. The van der Waals surface area contributed by atoms with E-state index in [1.54, 1.807) is 7.05 Å².